The number of carbonyl (C=O) groups is 1. The third-order valence-electron chi connectivity index (χ3n) is 2.67. The molecule has 1 aromatic heterocycles. The Kier molecular flexibility index (Phi) is 3.67. The van der Waals surface area contributed by atoms with Crippen LogP contribution in [-0.4, -0.2) is 15.7 Å². The Morgan fingerprint density at radius 2 is 2.44 bits per heavy atom. The molecular weight excluding hydrogens is 204 g/mol. The number of rotatable bonds is 4. The fourth-order valence-corrected chi connectivity index (χ4v) is 1.23. The Bertz CT molecular complexity index is 418. The van der Waals surface area contributed by atoms with Crippen molar-refractivity contribution in [3.63, 3.8) is 0 Å². The number of hydrogen-bond donors (Lipinski definition) is 1. The minimum absolute atomic E-state index is 0.235. The van der Waals surface area contributed by atoms with E-state index in [0.717, 1.165) is 5.56 Å². The van der Waals surface area contributed by atoms with E-state index in [1.807, 2.05) is 26.2 Å². The van der Waals surface area contributed by atoms with E-state index in [0.29, 0.717) is 13.0 Å². The van der Waals surface area contributed by atoms with Crippen LogP contribution < -0.4 is 5.32 Å². The number of nitrogens with zero attached hydrogens (tertiary/aromatic N) is 3. The summed E-state index contributed by atoms with van der Waals surface area (Å²) >= 11 is 0. The van der Waals surface area contributed by atoms with Crippen LogP contribution in [-0.2, 0) is 18.4 Å². The summed E-state index contributed by atoms with van der Waals surface area (Å²) in [6.07, 6.45) is 4.02. The first-order chi connectivity index (χ1) is 7.51. The smallest absolute Gasteiger partial charge is 0.240 e. The van der Waals surface area contributed by atoms with Gasteiger partial charge in [0.15, 0.2) is 0 Å². The maximum Gasteiger partial charge on any atom is 0.240 e. The molecule has 0 fully saturated rings. The van der Waals surface area contributed by atoms with E-state index >= 15 is 0 Å². The molecule has 5 heteroatoms. The number of nitriles is 1. The average Bonchev–Trinajstić information content (AvgIpc) is 2.70. The molecule has 1 rings (SSSR count). The van der Waals surface area contributed by atoms with Crippen LogP contribution in [0.2, 0.25) is 0 Å². The number of amides is 1. The highest BCUT2D eigenvalue weighted by Gasteiger charge is 2.30. The van der Waals surface area contributed by atoms with Crippen molar-refractivity contribution in [1.82, 2.24) is 15.1 Å². The first-order valence-corrected chi connectivity index (χ1v) is 5.19. The molecule has 1 amide bonds. The molecule has 0 aliphatic heterocycles. The SMILES string of the molecule is CCC(C)(C#N)C(=O)NCc1cnn(C)c1. The lowest BCUT2D eigenvalue weighted by Crippen LogP contribution is -2.37. The molecule has 1 N–H and O–H groups in total. The molecule has 0 aliphatic rings. The third kappa shape index (κ3) is 2.60. The second-order valence-electron chi connectivity index (χ2n) is 4.00. The van der Waals surface area contributed by atoms with Crippen LogP contribution in [0.4, 0.5) is 0 Å². The lowest BCUT2D eigenvalue weighted by molar-refractivity contribution is -0.127. The topological polar surface area (TPSA) is 70.7 Å². The van der Waals surface area contributed by atoms with E-state index in [9.17, 15) is 4.79 Å². The normalized spacial score (nSPS) is 13.9. The molecule has 0 aliphatic carbocycles. The molecule has 0 radical (unpaired) electrons. The molecule has 0 aromatic carbocycles. The van der Waals surface area contributed by atoms with Gasteiger partial charge in [-0.2, -0.15) is 10.4 Å². The molecule has 0 saturated carbocycles. The van der Waals surface area contributed by atoms with Crippen LogP contribution in [0.15, 0.2) is 12.4 Å². The van der Waals surface area contributed by atoms with Crippen molar-refractivity contribution in [1.29, 1.82) is 5.26 Å². The quantitative estimate of drug-likeness (QED) is 0.822. The molecule has 0 saturated heterocycles. The summed E-state index contributed by atoms with van der Waals surface area (Å²) in [5.74, 6) is -0.235. The van der Waals surface area contributed by atoms with Crippen molar-refractivity contribution in [3.8, 4) is 6.07 Å². The van der Waals surface area contributed by atoms with Gasteiger partial charge >= 0.3 is 0 Å². The van der Waals surface area contributed by atoms with E-state index in [1.165, 1.54) is 0 Å². The first kappa shape index (κ1) is 12.2. The molecule has 1 atom stereocenters. The van der Waals surface area contributed by atoms with Gasteiger partial charge in [-0.3, -0.25) is 9.48 Å². The van der Waals surface area contributed by atoms with Gasteiger partial charge in [-0.1, -0.05) is 6.92 Å². The van der Waals surface area contributed by atoms with Crippen LogP contribution in [0.1, 0.15) is 25.8 Å². The van der Waals surface area contributed by atoms with Crippen molar-refractivity contribution >= 4 is 5.91 Å². The fraction of sp³-hybridized carbons (Fsp3) is 0.545. The summed E-state index contributed by atoms with van der Waals surface area (Å²) in [4.78, 5) is 11.7. The lowest BCUT2D eigenvalue weighted by atomic mass is 9.88. The molecule has 1 unspecified atom stereocenters. The van der Waals surface area contributed by atoms with Crippen LogP contribution in [0.5, 0.6) is 0 Å². The van der Waals surface area contributed by atoms with Crippen molar-refractivity contribution in [3.05, 3.63) is 18.0 Å². The Morgan fingerprint density at radius 3 is 2.88 bits per heavy atom. The summed E-state index contributed by atoms with van der Waals surface area (Å²) < 4.78 is 1.67. The number of aromatic nitrogens is 2. The average molecular weight is 220 g/mol. The van der Waals surface area contributed by atoms with Gasteiger partial charge in [0.25, 0.3) is 0 Å². The lowest BCUT2D eigenvalue weighted by Gasteiger charge is -2.17. The van der Waals surface area contributed by atoms with Crippen LogP contribution in [0.3, 0.4) is 0 Å². The molecule has 0 bridgehead atoms. The second-order valence-corrected chi connectivity index (χ2v) is 4.00. The van der Waals surface area contributed by atoms with Gasteiger partial charge in [-0.05, 0) is 13.3 Å². The highest BCUT2D eigenvalue weighted by molar-refractivity contribution is 5.84. The molecule has 5 nitrogen and oxygen atoms in total. The Hall–Kier alpha value is -1.83. The van der Waals surface area contributed by atoms with Crippen LogP contribution >= 0.6 is 0 Å². The highest BCUT2D eigenvalue weighted by Crippen LogP contribution is 2.19. The number of aryl methyl sites for hydroxylation is 1. The Morgan fingerprint density at radius 1 is 1.75 bits per heavy atom. The number of nitrogens with one attached hydrogen (secondary N) is 1. The summed E-state index contributed by atoms with van der Waals surface area (Å²) in [6, 6.07) is 2.04. The molecule has 0 spiro atoms. The third-order valence-corrected chi connectivity index (χ3v) is 2.67. The van der Waals surface area contributed by atoms with Gasteiger partial charge in [0, 0.05) is 25.4 Å². The van der Waals surface area contributed by atoms with Crippen LogP contribution in [0.25, 0.3) is 0 Å². The summed E-state index contributed by atoms with van der Waals surface area (Å²) in [7, 11) is 1.82. The summed E-state index contributed by atoms with van der Waals surface area (Å²) in [6.45, 7) is 3.88. The van der Waals surface area contributed by atoms with Gasteiger partial charge in [-0.25, -0.2) is 0 Å². The monoisotopic (exact) mass is 220 g/mol. The van der Waals surface area contributed by atoms with E-state index in [4.69, 9.17) is 5.26 Å². The minimum atomic E-state index is -0.942. The molecule has 1 aromatic rings. The van der Waals surface area contributed by atoms with Gasteiger partial charge in [0.2, 0.25) is 5.91 Å². The minimum Gasteiger partial charge on any atom is -0.351 e. The molecular formula is C11H16N4O. The van der Waals surface area contributed by atoms with E-state index < -0.39 is 5.41 Å². The molecule has 86 valence electrons. The summed E-state index contributed by atoms with van der Waals surface area (Å²) in [5.41, 5.74) is -0.0189. The van der Waals surface area contributed by atoms with Gasteiger partial charge in [-0.15, -0.1) is 0 Å². The fourth-order valence-electron chi connectivity index (χ4n) is 1.23. The maximum absolute atomic E-state index is 11.7. The van der Waals surface area contributed by atoms with Crippen molar-refractivity contribution < 1.29 is 4.79 Å². The van der Waals surface area contributed by atoms with E-state index in [2.05, 4.69) is 10.4 Å². The van der Waals surface area contributed by atoms with E-state index in [-0.39, 0.29) is 5.91 Å². The van der Waals surface area contributed by atoms with Gasteiger partial charge < -0.3 is 5.32 Å². The summed E-state index contributed by atoms with van der Waals surface area (Å²) in [5, 5.41) is 15.7. The predicted octanol–water partition coefficient (Wildman–Crippen LogP) is 0.976. The zero-order valence-corrected chi connectivity index (χ0v) is 9.82. The predicted molar refractivity (Wildman–Crippen MR) is 59.1 cm³/mol. The highest BCUT2D eigenvalue weighted by atomic mass is 16.2. The Labute approximate surface area is 95.1 Å². The first-order valence-electron chi connectivity index (χ1n) is 5.19. The zero-order chi connectivity index (χ0) is 12.2. The number of hydrogen-bond acceptors (Lipinski definition) is 3. The van der Waals surface area contributed by atoms with Crippen molar-refractivity contribution in [2.45, 2.75) is 26.8 Å². The molecule has 1 heterocycles. The maximum atomic E-state index is 11.7. The molecule has 16 heavy (non-hydrogen) atoms. The van der Waals surface area contributed by atoms with Crippen LogP contribution in [0, 0.1) is 16.7 Å². The van der Waals surface area contributed by atoms with Gasteiger partial charge in [0.05, 0.1) is 12.3 Å². The standard InChI is InChI=1S/C11H16N4O/c1-4-11(2,8-12)10(16)13-5-9-6-14-15(3)7-9/h6-7H,4-5H2,1-3H3,(H,13,16). The van der Waals surface area contributed by atoms with E-state index in [1.54, 1.807) is 17.8 Å². The number of carbonyl (C=O) groups excluding carboxylic acids is 1. The largest absolute Gasteiger partial charge is 0.351 e. The second kappa shape index (κ2) is 4.79. The van der Waals surface area contributed by atoms with Gasteiger partial charge in [0.1, 0.15) is 5.41 Å². The zero-order valence-electron chi connectivity index (χ0n) is 9.82. The van der Waals surface area contributed by atoms with Crippen molar-refractivity contribution in [2.24, 2.45) is 12.5 Å². The van der Waals surface area contributed by atoms with Crippen molar-refractivity contribution in [2.75, 3.05) is 0 Å². The Balaban J connectivity index is 2.57.